The number of anilines is 1. The van der Waals surface area contributed by atoms with Crippen molar-refractivity contribution in [2.75, 3.05) is 5.73 Å². The molecule has 0 bridgehead atoms. The van der Waals surface area contributed by atoms with Crippen molar-refractivity contribution in [3.05, 3.63) is 57.8 Å². The molecule has 0 aliphatic heterocycles. The number of nitrogen functional groups attached to an aromatic ring is 1. The van der Waals surface area contributed by atoms with Gasteiger partial charge in [-0.1, -0.05) is 15.9 Å². The Morgan fingerprint density at radius 3 is 2.72 bits per heavy atom. The molecule has 0 radical (unpaired) electrons. The zero-order valence-corrected chi connectivity index (χ0v) is 12.3. The lowest BCUT2D eigenvalue weighted by atomic mass is 10.2. The molecule has 0 unspecified atom stereocenters. The molecule has 18 heavy (non-hydrogen) atoms. The largest absolute Gasteiger partial charge is 0.399 e. The van der Waals surface area contributed by atoms with Crippen LogP contribution in [-0.4, -0.2) is 0 Å². The van der Waals surface area contributed by atoms with E-state index in [4.69, 9.17) is 5.73 Å². The molecule has 4 heteroatoms. The summed E-state index contributed by atoms with van der Waals surface area (Å²) in [5.74, 6) is 0.518. The molecule has 0 amide bonds. The standard InChI is InChI=1S/C14H13BrFNS/c1-9-6-12(3-5-14(9)17)18-8-10-7-11(16)2-4-13(10)15/h2-7H,8,17H2,1H3. The van der Waals surface area contributed by atoms with Crippen LogP contribution in [0.5, 0.6) is 0 Å². The first-order valence-corrected chi connectivity index (χ1v) is 7.27. The van der Waals surface area contributed by atoms with Gasteiger partial charge in [0.05, 0.1) is 0 Å². The lowest BCUT2D eigenvalue weighted by Gasteiger charge is -2.07. The van der Waals surface area contributed by atoms with Crippen LogP contribution in [0.25, 0.3) is 0 Å². The van der Waals surface area contributed by atoms with Crippen LogP contribution in [-0.2, 0) is 5.75 Å². The van der Waals surface area contributed by atoms with Crippen LogP contribution in [0.15, 0.2) is 45.8 Å². The van der Waals surface area contributed by atoms with Gasteiger partial charge in [0.2, 0.25) is 0 Å². The fourth-order valence-electron chi connectivity index (χ4n) is 1.55. The summed E-state index contributed by atoms with van der Waals surface area (Å²) in [7, 11) is 0. The Morgan fingerprint density at radius 1 is 1.22 bits per heavy atom. The molecule has 0 spiro atoms. The molecule has 1 nitrogen and oxygen atoms in total. The van der Waals surface area contributed by atoms with Gasteiger partial charge in [0.1, 0.15) is 5.82 Å². The minimum absolute atomic E-state index is 0.206. The molecule has 2 aromatic rings. The van der Waals surface area contributed by atoms with E-state index in [0.29, 0.717) is 0 Å². The third kappa shape index (κ3) is 3.27. The summed E-state index contributed by atoms with van der Waals surface area (Å²) in [6.07, 6.45) is 0. The molecular weight excluding hydrogens is 313 g/mol. The van der Waals surface area contributed by atoms with E-state index in [1.165, 1.54) is 6.07 Å². The molecule has 0 saturated heterocycles. The number of benzene rings is 2. The van der Waals surface area contributed by atoms with Crippen LogP contribution in [0.1, 0.15) is 11.1 Å². The van der Waals surface area contributed by atoms with Crippen molar-refractivity contribution in [1.82, 2.24) is 0 Å². The second kappa shape index (κ2) is 5.76. The smallest absolute Gasteiger partial charge is 0.123 e. The highest BCUT2D eigenvalue weighted by Crippen LogP contribution is 2.29. The minimum atomic E-state index is -0.206. The van der Waals surface area contributed by atoms with Gasteiger partial charge in [-0.2, -0.15) is 0 Å². The summed E-state index contributed by atoms with van der Waals surface area (Å²) in [5, 5.41) is 0. The highest BCUT2D eigenvalue weighted by molar-refractivity contribution is 9.10. The van der Waals surface area contributed by atoms with Gasteiger partial charge in [0.15, 0.2) is 0 Å². The molecule has 2 aromatic carbocycles. The van der Waals surface area contributed by atoms with Crippen molar-refractivity contribution in [3.8, 4) is 0 Å². The molecular formula is C14H13BrFNS. The highest BCUT2D eigenvalue weighted by atomic mass is 79.9. The Balaban J connectivity index is 2.11. The van der Waals surface area contributed by atoms with Gasteiger partial charge in [-0.05, 0) is 54.4 Å². The lowest BCUT2D eigenvalue weighted by molar-refractivity contribution is 0.626. The lowest BCUT2D eigenvalue weighted by Crippen LogP contribution is -1.89. The second-order valence-corrected chi connectivity index (χ2v) is 5.95. The quantitative estimate of drug-likeness (QED) is 0.649. The summed E-state index contributed by atoms with van der Waals surface area (Å²) >= 11 is 5.10. The fourth-order valence-corrected chi connectivity index (χ4v) is 3.11. The minimum Gasteiger partial charge on any atom is -0.399 e. The van der Waals surface area contributed by atoms with E-state index in [0.717, 1.165) is 31.9 Å². The fraction of sp³-hybridized carbons (Fsp3) is 0.143. The molecule has 0 aliphatic rings. The predicted octanol–water partition coefficient (Wildman–Crippen LogP) is 4.77. The molecule has 2 rings (SSSR count). The number of nitrogens with two attached hydrogens (primary N) is 1. The van der Waals surface area contributed by atoms with Crippen LogP contribution in [0.4, 0.5) is 10.1 Å². The normalized spacial score (nSPS) is 10.6. The van der Waals surface area contributed by atoms with E-state index in [1.807, 2.05) is 25.1 Å². The van der Waals surface area contributed by atoms with Gasteiger partial charge < -0.3 is 5.73 Å². The Kier molecular flexibility index (Phi) is 4.30. The van der Waals surface area contributed by atoms with Crippen molar-refractivity contribution in [2.45, 2.75) is 17.6 Å². The zero-order chi connectivity index (χ0) is 13.1. The SMILES string of the molecule is Cc1cc(SCc2cc(F)ccc2Br)ccc1N. The summed E-state index contributed by atoms with van der Waals surface area (Å²) < 4.78 is 14.1. The summed E-state index contributed by atoms with van der Waals surface area (Å²) in [5.41, 5.74) is 8.59. The van der Waals surface area contributed by atoms with E-state index < -0.39 is 0 Å². The summed E-state index contributed by atoms with van der Waals surface area (Å²) in [4.78, 5) is 1.14. The van der Waals surface area contributed by atoms with Gasteiger partial charge in [-0.15, -0.1) is 11.8 Å². The molecule has 0 atom stereocenters. The third-order valence-corrected chi connectivity index (χ3v) is 4.46. The van der Waals surface area contributed by atoms with Crippen molar-refractivity contribution < 1.29 is 4.39 Å². The number of hydrogen-bond donors (Lipinski definition) is 1. The average molecular weight is 326 g/mol. The molecule has 94 valence electrons. The van der Waals surface area contributed by atoms with Gasteiger partial charge >= 0.3 is 0 Å². The Labute approximate surface area is 119 Å². The van der Waals surface area contributed by atoms with E-state index in [-0.39, 0.29) is 5.82 Å². The Bertz CT molecular complexity index is 572. The topological polar surface area (TPSA) is 26.0 Å². The highest BCUT2D eigenvalue weighted by Gasteiger charge is 2.04. The zero-order valence-electron chi connectivity index (χ0n) is 9.91. The van der Waals surface area contributed by atoms with Crippen LogP contribution in [0.2, 0.25) is 0 Å². The number of hydrogen-bond acceptors (Lipinski definition) is 2. The average Bonchev–Trinajstić information content (AvgIpc) is 2.34. The molecule has 0 saturated carbocycles. The summed E-state index contributed by atoms with van der Waals surface area (Å²) in [6, 6.07) is 10.7. The van der Waals surface area contributed by atoms with Crippen LogP contribution < -0.4 is 5.73 Å². The molecule has 0 fully saturated rings. The molecule has 0 aliphatic carbocycles. The Morgan fingerprint density at radius 2 is 2.00 bits per heavy atom. The second-order valence-electron chi connectivity index (χ2n) is 4.04. The van der Waals surface area contributed by atoms with E-state index in [2.05, 4.69) is 15.9 Å². The number of aryl methyl sites for hydroxylation is 1. The van der Waals surface area contributed by atoms with Gasteiger partial charge in [0, 0.05) is 20.8 Å². The van der Waals surface area contributed by atoms with Crippen molar-refractivity contribution in [1.29, 1.82) is 0 Å². The van der Waals surface area contributed by atoms with Crippen LogP contribution in [0, 0.1) is 12.7 Å². The predicted molar refractivity (Wildman–Crippen MR) is 79.3 cm³/mol. The monoisotopic (exact) mass is 325 g/mol. The Hall–Kier alpha value is -1.00. The maximum absolute atomic E-state index is 13.1. The maximum atomic E-state index is 13.1. The first kappa shape index (κ1) is 13.4. The van der Waals surface area contributed by atoms with E-state index >= 15 is 0 Å². The van der Waals surface area contributed by atoms with Gasteiger partial charge in [0.25, 0.3) is 0 Å². The number of halogens is 2. The third-order valence-electron chi connectivity index (χ3n) is 2.64. The first-order chi connectivity index (χ1) is 8.56. The number of thioether (sulfide) groups is 1. The molecule has 2 N–H and O–H groups in total. The van der Waals surface area contributed by atoms with Crippen LogP contribution in [0.3, 0.4) is 0 Å². The number of rotatable bonds is 3. The molecule has 0 heterocycles. The van der Waals surface area contributed by atoms with Crippen molar-refractivity contribution >= 4 is 33.4 Å². The molecule has 0 aromatic heterocycles. The van der Waals surface area contributed by atoms with Crippen molar-refractivity contribution in [2.24, 2.45) is 0 Å². The summed E-state index contributed by atoms with van der Waals surface area (Å²) in [6.45, 7) is 1.98. The van der Waals surface area contributed by atoms with E-state index in [9.17, 15) is 4.39 Å². The van der Waals surface area contributed by atoms with Crippen molar-refractivity contribution in [3.63, 3.8) is 0 Å². The van der Waals surface area contributed by atoms with Crippen LogP contribution >= 0.6 is 27.7 Å². The van der Waals surface area contributed by atoms with Gasteiger partial charge in [-0.3, -0.25) is 0 Å². The van der Waals surface area contributed by atoms with E-state index in [1.54, 1.807) is 23.9 Å². The maximum Gasteiger partial charge on any atom is 0.123 e. The van der Waals surface area contributed by atoms with Gasteiger partial charge in [-0.25, -0.2) is 4.39 Å². The first-order valence-electron chi connectivity index (χ1n) is 5.49.